The van der Waals surface area contributed by atoms with Gasteiger partial charge in [-0.25, -0.2) is 4.79 Å². The minimum Gasteiger partial charge on any atom is -0.442 e. The molecule has 0 spiro atoms. The van der Waals surface area contributed by atoms with Crippen molar-refractivity contribution in [3.8, 4) is 0 Å². The molecule has 4 fully saturated rings. The van der Waals surface area contributed by atoms with Gasteiger partial charge in [0.05, 0.1) is 0 Å². The minimum absolute atomic E-state index is 0.0175. The second-order valence-electron chi connectivity index (χ2n) is 9.75. The number of hydrogen-bond donors (Lipinski definition) is 0. The molecular weight excluding hydrogens is 310 g/mol. The highest BCUT2D eigenvalue weighted by Crippen LogP contribution is 2.52. The fraction of sp³-hybridized carbons (Fsp3) is 0.955. The van der Waals surface area contributed by atoms with Crippen molar-refractivity contribution in [2.75, 3.05) is 6.54 Å². The van der Waals surface area contributed by atoms with Gasteiger partial charge < -0.3 is 9.64 Å². The van der Waals surface area contributed by atoms with Gasteiger partial charge in [-0.1, -0.05) is 52.4 Å². The maximum absolute atomic E-state index is 13.2. The van der Waals surface area contributed by atoms with Crippen molar-refractivity contribution in [3.63, 3.8) is 0 Å². The molecule has 4 rings (SSSR count). The van der Waals surface area contributed by atoms with Crippen molar-refractivity contribution in [2.24, 2.45) is 23.7 Å². The predicted molar refractivity (Wildman–Crippen MR) is 100 cm³/mol. The van der Waals surface area contributed by atoms with Crippen LogP contribution in [-0.2, 0) is 4.74 Å². The molecule has 0 N–H and O–H groups in total. The molecule has 0 aromatic heterocycles. The van der Waals surface area contributed by atoms with Crippen LogP contribution in [0.1, 0.15) is 90.9 Å². The van der Waals surface area contributed by atoms with E-state index in [2.05, 4.69) is 18.7 Å². The molecule has 3 saturated carbocycles. The Bertz CT molecular complexity index is 472. The van der Waals surface area contributed by atoms with E-state index >= 15 is 0 Å². The quantitative estimate of drug-likeness (QED) is 0.634. The summed E-state index contributed by atoms with van der Waals surface area (Å²) >= 11 is 0. The van der Waals surface area contributed by atoms with Crippen molar-refractivity contribution in [1.29, 1.82) is 0 Å². The van der Waals surface area contributed by atoms with Crippen LogP contribution in [0.2, 0.25) is 0 Å². The molecular formula is C22H37NO2. The minimum atomic E-state index is -0.196. The fourth-order valence-corrected chi connectivity index (χ4v) is 6.55. The van der Waals surface area contributed by atoms with Crippen molar-refractivity contribution < 1.29 is 9.53 Å². The molecule has 1 heterocycles. The third-order valence-corrected chi connectivity index (χ3v) is 8.10. The largest absolute Gasteiger partial charge is 0.442 e. The molecule has 0 aromatic rings. The molecule has 3 heteroatoms. The average Bonchev–Trinajstić information content (AvgIpc) is 3.00. The molecule has 0 aromatic carbocycles. The number of piperidine rings is 1. The first-order valence-electron chi connectivity index (χ1n) is 11.1. The lowest BCUT2D eigenvalue weighted by atomic mass is 9.78. The van der Waals surface area contributed by atoms with E-state index in [-0.39, 0.29) is 11.7 Å². The molecule has 1 aliphatic heterocycles. The van der Waals surface area contributed by atoms with E-state index < -0.39 is 0 Å². The van der Waals surface area contributed by atoms with Crippen LogP contribution < -0.4 is 0 Å². The number of nitrogens with zero attached hydrogens (tertiary/aromatic N) is 1. The van der Waals surface area contributed by atoms with Crippen molar-refractivity contribution in [1.82, 2.24) is 4.90 Å². The number of rotatable bonds is 2. The Kier molecular flexibility index (Phi) is 5.03. The number of likely N-dealkylation sites (tertiary alicyclic amines) is 1. The van der Waals surface area contributed by atoms with E-state index in [1.807, 2.05) is 0 Å². The Morgan fingerprint density at radius 2 is 1.44 bits per heavy atom. The van der Waals surface area contributed by atoms with Crippen LogP contribution in [0.5, 0.6) is 0 Å². The van der Waals surface area contributed by atoms with Crippen LogP contribution in [0.4, 0.5) is 4.79 Å². The van der Waals surface area contributed by atoms with Gasteiger partial charge in [0.25, 0.3) is 0 Å². The topological polar surface area (TPSA) is 29.5 Å². The molecule has 3 nitrogen and oxygen atoms in total. The average molecular weight is 348 g/mol. The van der Waals surface area contributed by atoms with E-state index in [4.69, 9.17) is 4.74 Å². The fourth-order valence-electron chi connectivity index (χ4n) is 6.55. The molecule has 3 aliphatic carbocycles. The summed E-state index contributed by atoms with van der Waals surface area (Å²) in [5.41, 5.74) is -0.196. The van der Waals surface area contributed by atoms with Crippen LogP contribution >= 0.6 is 0 Å². The summed E-state index contributed by atoms with van der Waals surface area (Å²) < 4.78 is 6.43. The monoisotopic (exact) mass is 347 g/mol. The third-order valence-electron chi connectivity index (χ3n) is 8.10. The lowest BCUT2D eigenvalue weighted by molar-refractivity contribution is -0.0555. The molecule has 25 heavy (non-hydrogen) atoms. The van der Waals surface area contributed by atoms with Crippen LogP contribution in [0, 0.1) is 23.7 Å². The zero-order valence-electron chi connectivity index (χ0n) is 16.3. The predicted octanol–water partition coefficient (Wildman–Crippen LogP) is 5.77. The Labute approximate surface area is 153 Å². The molecule has 0 radical (unpaired) electrons. The highest BCUT2D eigenvalue weighted by Gasteiger charge is 2.51. The zero-order chi connectivity index (χ0) is 17.4. The van der Waals surface area contributed by atoms with Crippen molar-refractivity contribution in [3.05, 3.63) is 0 Å². The van der Waals surface area contributed by atoms with E-state index in [0.717, 1.165) is 43.6 Å². The molecule has 4 unspecified atom stereocenters. The maximum Gasteiger partial charge on any atom is 0.410 e. The lowest BCUT2D eigenvalue weighted by Gasteiger charge is -2.45. The number of fused-ring (bicyclic) bond motifs is 2. The smallest absolute Gasteiger partial charge is 0.410 e. The van der Waals surface area contributed by atoms with Gasteiger partial charge in [0.15, 0.2) is 0 Å². The Hall–Kier alpha value is -0.730. The molecule has 1 saturated heterocycles. The summed E-state index contributed by atoms with van der Waals surface area (Å²) in [5, 5.41) is 0. The van der Waals surface area contributed by atoms with Crippen molar-refractivity contribution in [2.45, 2.75) is 103 Å². The zero-order valence-corrected chi connectivity index (χ0v) is 16.3. The van der Waals surface area contributed by atoms with Crippen LogP contribution in [0.15, 0.2) is 0 Å². The van der Waals surface area contributed by atoms with Crippen molar-refractivity contribution >= 4 is 6.09 Å². The summed E-state index contributed by atoms with van der Waals surface area (Å²) in [7, 11) is 0. The number of ether oxygens (including phenoxy) is 1. The Morgan fingerprint density at radius 1 is 0.880 bits per heavy atom. The van der Waals surface area contributed by atoms with Gasteiger partial charge in [-0.2, -0.15) is 0 Å². The summed E-state index contributed by atoms with van der Waals surface area (Å²) in [6.45, 7) is 5.45. The first-order chi connectivity index (χ1) is 12.1. The van der Waals surface area contributed by atoms with Crippen LogP contribution in [0.3, 0.4) is 0 Å². The maximum atomic E-state index is 13.2. The molecule has 4 atom stereocenters. The van der Waals surface area contributed by atoms with Gasteiger partial charge >= 0.3 is 6.09 Å². The molecule has 0 bridgehead atoms. The normalized spacial score (nSPS) is 41.3. The molecule has 1 amide bonds. The summed E-state index contributed by atoms with van der Waals surface area (Å²) in [5.74, 6) is 2.76. The molecule has 4 aliphatic rings. The van der Waals surface area contributed by atoms with E-state index in [0.29, 0.717) is 12.0 Å². The number of carbonyl (C=O) groups excluding carboxylic acids is 1. The van der Waals surface area contributed by atoms with E-state index in [1.165, 1.54) is 57.8 Å². The number of amides is 1. The van der Waals surface area contributed by atoms with E-state index in [9.17, 15) is 4.79 Å². The van der Waals surface area contributed by atoms with Gasteiger partial charge in [0.2, 0.25) is 0 Å². The summed E-state index contributed by atoms with van der Waals surface area (Å²) in [6, 6.07) is 0.461. The third kappa shape index (κ3) is 3.32. The lowest BCUT2D eigenvalue weighted by Crippen LogP contribution is -2.52. The van der Waals surface area contributed by atoms with Gasteiger partial charge in [0.1, 0.15) is 5.60 Å². The van der Waals surface area contributed by atoms with Crippen LogP contribution in [-0.4, -0.2) is 29.2 Å². The van der Waals surface area contributed by atoms with Crippen LogP contribution in [0.25, 0.3) is 0 Å². The van der Waals surface area contributed by atoms with Gasteiger partial charge in [0, 0.05) is 12.6 Å². The SMILES string of the molecule is CC(C)C1(OC(=O)N2CCCC3CCCCC32)CC2CCCCC2C1. The van der Waals surface area contributed by atoms with Gasteiger partial charge in [-0.3, -0.25) is 0 Å². The summed E-state index contributed by atoms with van der Waals surface area (Å²) in [6.07, 6.45) is 15.3. The summed E-state index contributed by atoms with van der Waals surface area (Å²) in [4.78, 5) is 15.4. The molecule has 142 valence electrons. The van der Waals surface area contributed by atoms with Gasteiger partial charge in [-0.15, -0.1) is 0 Å². The number of hydrogen-bond acceptors (Lipinski definition) is 2. The second-order valence-corrected chi connectivity index (χ2v) is 9.75. The first-order valence-corrected chi connectivity index (χ1v) is 11.1. The number of carbonyl (C=O) groups is 1. The van der Waals surface area contributed by atoms with E-state index in [1.54, 1.807) is 0 Å². The Morgan fingerprint density at radius 3 is 2.08 bits per heavy atom. The highest BCUT2D eigenvalue weighted by molar-refractivity contribution is 5.69. The Balaban J connectivity index is 1.47. The first kappa shape index (κ1) is 17.7. The highest BCUT2D eigenvalue weighted by atomic mass is 16.6. The second kappa shape index (κ2) is 7.12. The van der Waals surface area contributed by atoms with Gasteiger partial charge in [-0.05, 0) is 62.2 Å². The standard InChI is InChI=1S/C22H37NO2/c1-16(2)22(14-18-9-3-4-10-19(18)15-22)25-21(24)23-13-7-11-17-8-5-6-12-20(17)23/h16-20H,3-15H2,1-2H3.